The summed E-state index contributed by atoms with van der Waals surface area (Å²) < 4.78 is 1.10. The van der Waals surface area contributed by atoms with E-state index >= 15 is 0 Å². The summed E-state index contributed by atoms with van der Waals surface area (Å²) in [4.78, 5) is 0. The van der Waals surface area contributed by atoms with Gasteiger partial charge in [-0.05, 0) is 13.3 Å². The van der Waals surface area contributed by atoms with Gasteiger partial charge >= 0.3 is 0 Å². The Labute approximate surface area is 126 Å². The Bertz CT molecular complexity index is 342. The molecule has 0 aliphatic rings. The van der Waals surface area contributed by atoms with E-state index in [4.69, 9.17) is 0 Å². The van der Waals surface area contributed by atoms with Crippen LogP contribution in [-0.4, -0.2) is 25.1 Å². The van der Waals surface area contributed by atoms with Crippen molar-refractivity contribution in [3.8, 4) is 0 Å². The van der Waals surface area contributed by atoms with Crippen LogP contribution in [-0.2, 0) is 0 Å². The Morgan fingerprint density at radius 2 is 1.45 bits per heavy atom. The average Bonchev–Trinajstić information content (AvgIpc) is 2.47. The molecule has 0 bridgehead atoms. The van der Waals surface area contributed by atoms with Crippen molar-refractivity contribution < 1.29 is 4.48 Å². The maximum Gasteiger partial charge on any atom is 0.114 e. The van der Waals surface area contributed by atoms with Gasteiger partial charge in [0.05, 0.1) is 20.6 Å². The second-order valence-corrected chi connectivity index (χ2v) is 6.58. The fourth-order valence-electron chi connectivity index (χ4n) is 2.93. The zero-order valence-corrected chi connectivity index (χ0v) is 14.1. The first-order chi connectivity index (χ1) is 9.61. The van der Waals surface area contributed by atoms with Crippen molar-refractivity contribution in [2.45, 2.75) is 64.8 Å². The largest absolute Gasteiger partial charge is 0.323 e. The second-order valence-electron chi connectivity index (χ2n) is 6.58. The fourth-order valence-corrected chi connectivity index (χ4v) is 2.93. The van der Waals surface area contributed by atoms with Crippen LogP contribution in [0.1, 0.15) is 70.4 Å². The Morgan fingerprint density at radius 1 is 0.850 bits per heavy atom. The highest BCUT2D eigenvalue weighted by Crippen LogP contribution is 2.30. The number of unbranched alkanes of at least 4 members (excludes halogenated alkanes) is 5. The van der Waals surface area contributed by atoms with Gasteiger partial charge in [0.1, 0.15) is 6.04 Å². The number of benzene rings is 1. The minimum atomic E-state index is 0.646. The molecule has 0 saturated carbocycles. The van der Waals surface area contributed by atoms with Crippen molar-refractivity contribution >= 4 is 0 Å². The molecule has 1 heteroatoms. The van der Waals surface area contributed by atoms with Gasteiger partial charge in [-0.25, -0.2) is 0 Å². The predicted molar refractivity (Wildman–Crippen MR) is 89.8 cm³/mol. The average molecular weight is 276 g/mol. The molecule has 1 aromatic carbocycles. The highest BCUT2D eigenvalue weighted by molar-refractivity contribution is 5.17. The van der Waals surface area contributed by atoms with Crippen LogP contribution in [0, 0.1) is 0 Å². The smallest absolute Gasteiger partial charge is 0.114 e. The summed E-state index contributed by atoms with van der Waals surface area (Å²) in [5.41, 5.74) is 1.51. The third kappa shape index (κ3) is 5.66. The Morgan fingerprint density at radius 3 is 2.05 bits per heavy atom. The summed E-state index contributed by atoms with van der Waals surface area (Å²) in [6.07, 6.45) is 9.65. The zero-order valence-electron chi connectivity index (χ0n) is 14.1. The van der Waals surface area contributed by atoms with Crippen LogP contribution < -0.4 is 0 Å². The molecule has 0 aromatic heterocycles. The van der Waals surface area contributed by atoms with E-state index in [2.05, 4.69) is 58.3 Å². The van der Waals surface area contributed by atoms with Crippen LogP contribution >= 0.6 is 0 Å². The van der Waals surface area contributed by atoms with Gasteiger partial charge in [0.15, 0.2) is 0 Å². The van der Waals surface area contributed by atoms with Crippen LogP contribution in [0.3, 0.4) is 0 Å². The number of hydrogen-bond acceptors (Lipinski definition) is 0. The van der Waals surface area contributed by atoms with Gasteiger partial charge in [-0.3, -0.25) is 0 Å². The molecule has 0 N–H and O–H groups in total. The predicted octanol–water partition coefficient (Wildman–Crippen LogP) is 5.57. The summed E-state index contributed by atoms with van der Waals surface area (Å²) in [5.74, 6) is 0. The SMILES string of the molecule is CCCCCCCCC(c1ccccc1)[N+](C)(C)CC. The van der Waals surface area contributed by atoms with Gasteiger partial charge in [0, 0.05) is 12.0 Å². The molecular weight excluding hydrogens is 242 g/mol. The molecule has 0 fully saturated rings. The zero-order chi connectivity index (χ0) is 14.8. The minimum Gasteiger partial charge on any atom is -0.323 e. The second kappa shape index (κ2) is 9.18. The van der Waals surface area contributed by atoms with Gasteiger partial charge in [0.2, 0.25) is 0 Å². The molecule has 0 aliphatic heterocycles. The highest BCUT2D eigenvalue weighted by Gasteiger charge is 2.27. The molecule has 1 unspecified atom stereocenters. The van der Waals surface area contributed by atoms with E-state index in [1.165, 1.54) is 57.1 Å². The molecule has 0 saturated heterocycles. The van der Waals surface area contributed by atoms with E-state index < -0.39 is 0 Å². The van der Waals surface area contributed by atoms with Crippen LogP contribution in [0.25, 0.3) is 0 Å². The summed E-state index contributed by atoms with van der Waals surface area (Å²) in [6.45, 7) is 5.78. The standard InChI is InChI=1S/C19H34N/c1-5-7-8-9-10-14-17-19(20(3,4)6-2)18-15-12-11-13-16-18/h11-13,15-16,19H,5-10,14,17H2,1-4H3/q+1. The molecule has 1 rings (SSSR count). The first kappa shape index (κ1) is 17.2. The van der Waals surface area contributed by atoms with E-state index in [1.54, 1.807) is 0 Å². The lowest BCUT2D eigenvalue weighted by Gasteiger charge is -2.37. The lowest BCUT2D eigenvalue weighted by atomic mass is 9.97. The Hall–Kier alpha value is -0.820. The highest BCUT2D eigenvalue weighted by atomic mass is 15.3. The monoisotopic (exact) mass is 276 g/mol. The number of quaternary nitrogens is 1. The van der Waals surface area contributed by atoms with Gasteiger partial charge in [-0.1, -0.05) is 69.4 Å². The molecule has 0 heterocycles. The number of rotatable bonds is 10. The third-order valence-electron chi connectivity index (χ3n) is 4.67. The Kier molecular flexibility index (Phi) is 7.91. The van der Waals surface area contributed by atoms with Crippen molar-refractivity contribution in [3.63, 3.8) is 0 Å². The van der Waals surface area contributed by atoms with Crippen molar-refractivity contribution in [1.82, 2.24) is 0 Å². The molecular formula is C19H34N+. The van der Waals surface area contributed by atoms with E-state index in [0.717, 1.165) is 4.48 Å². The number of hydrogen-bond donors (Lipinski definition) is 0. The lowest BCUT2D eigenvalue weighted by molar-refractivity contribution is -0.920. The van der Waals surface area contributed by atoms with E-state index in [-0.39, 0.29) is 0 Å². The molecule has 1 nitrogen and oxygen atoms in total. The van der Waals surface area contributed by atoms with E-state index in [1.807, 2.05) is 0 Å². The van der Waals surface area contributed by atoms with Gasteiger partial charge in [-0.2, -0.15) is 0 Å². The molecule has 114 valence electrons. The molecule has 0 radical (unpaired) electrons. The van der Waals surface area contributed by atoms with Crippen LogP contribution in [0.15, 0.2) is 30.3 Å². The van der Waals surface area contributed by atoms with Gasteiger partial charge < -0.3 is 4.48 Å². The molecule has 1 atom stereocenters. The van der Waals surface area contributed by atoms with Crippen molar-refractivity contribution in [3.05, 3.63) is 35.9 Å². The summed E-state index contributed by atoms with van der Waals surface area (Å²) in [5, 5.41) is 0. The topological polar surface area (TPSA) is 0 Å². The number of nitrogens with zero attached hydrogens (tertiary/aromatic N) is 1. The first-order valence-electron chi connectivity index (χ1n) is 8.49. The molecule has 0 spiro atoms. The molecule has 20 heavy (non-hydrogen) atoms. The van der Waals surface area contributed by atoms with E-state index in [9.17, 15) is 0 Å². The first-order valence-corrected chi connectivity index (χ1v) is 8.49. The maximum absolute atomic E-state index is 2.37. The van der Waals surface area contributed by atoms with Crippen LogP contribution in [0.5, 0.6) is 0 Å². The van der Waals surface area contributed by atoms with Gasteiger partial charge in [-0.15, -0.1) is 0 Å². The van der Waals surface area contributed by atoms with Crippen LogP contribution in [0.2, 0.25) is 0 Å². The maximum atomic E-state index is 2.37. The Balaban J connectivity index is 2.53. The van der Waals surface area contributed by atoms with Gasteiger partial charge in [0.25, 0.3) is 0 Å². The lowest BCUT2D eigenvalue weighted by Crippen LogP contribution is -2.42. The third-order valence-corrected chi connectivity index (χ3v) is 4.67. The van der Waals surface area contributed by atoms with Crippen molar-refractivity contribution in [2.24, 2.45) is 0 Å². The summed E-state index contributed by atoms with van der Waals surface area (Å²) >= 11 is 0. The quantitative estimate of drug-likeness (QED) is 0.387. The fraction of sp³-hybridized carbons (Fsp3) is 0.684. The van der Waals surface area contributed by atoms with Crippen molar-refractivity contribution in [1.29, 1.82) is 0 Å². The summed E-state index contributed by atoms with van der Waals surface area (Å²) in [7, 11) is 4.74. The molecule has 1 aromatic rings. The molecule has 0 amide bonds. The van der Waals surface area contributed by atoms with Crippen molar-refractivity contribution in [2.75, 3.05) is 20.6 Å². The normalized spacial score (nSPS) is 13.4. The minimum absolute atomic E-state index is 0.646. The molecule has 0 aliphatic carbocycles. The van der Waals surface area contributed by atoms with E-state index in [0.29, 0.717) is 6.04 Å². The van der Waals surface area contributed by atoms with Crippen LogP contribution in [0.4, 0.5) is 0 Å². The summed E-state index contributed by atoms with van der Waals surface area (Å²) in [6, 6.07) is 11.7.